The van der Waals surface area contributed by atoms with Crippen LogP contribution in [0.2, 0.25) is 0 Å². The minimum absolute atomic E-state index is 0.119. The van der Waals surface area contributed by atoms with Crippen molar-refractivity contribution in [1.29, 1.82) is 0 Å². The summed E-state index contributed by atoms with van der Waals surface area (Å²) in [6.45, 7) is 3.26. The topological polar surface area (TPSA) is 85.1 Å². The summed E-state index contributed by atoms with van der Waals surface area (Å²) in [4.78, 5) is 26.3. The second-order valence-corrected chi connectivity index (χ2v) is 3.96. The molecule has 1 atom stereocenters. The van der Waals surface area contributed by atoms with Gasteiger partial charge in [-0.3, -0.25) is 9.59 Å². The molecule has 0 unspecified atom stereocenters. The first-order valence-corrected chi connectivity index (χ1v) is 5.45. The van der Waals surface area contributed by atoms with Crippen LogP contribution in [0.25, 0.3) is 0 Å². The number of nitrogens with one attached hydrogen (secondary N) is 1. The van der Waals surface area contributed by atoms with Crippen LogP contribution in [-0.2, 0) is 4.79 Å². The van der Waals surface area contributed by atoms with Crippen molar-refractivity contribution in [3.63, 3.8) is 0 Å². The Hall–Kier alpha value is -1.27. The second-order valence-electron chi connectivity index (χ2n) is 3.10. The van der Waals surface area contributed by atoms with Crippen molar-refractivity contribution < 1.29 is 9.59 Å². The zero-order valence-corrected chi connectivity index (χ0v) is 9.43. The molecule has 15 heavy (non-hydrogen) atoms. The van der Waals surface area contributed by atoms with Gasteiger partial charge in [-0.15, -0.1) is 11.3 Å². The number of thiazole rings is 1. The predicted molar refractivity (Wildman–Crippen MR) is 59.0 cm³/mol. The maximum Gasteiger partial charge on any atom is 0.243 e. The molecule has 0 spiro atoms. The van der Waals surface area contributed by atoms with Gasteiger partial charge in [0.15, 0.2) is 10.9 Å². The number of nitrogens with zero attached hydrogens (tertiary/aromatic N) is 1. The number of ketones is 1. The van der Waals surface area contributed by atoms with Crippen molar-refractivity contribution in [2.45, 2.75) is 26.3 Å². The number of nitrogens with two attached hydrogens (primary N) is 1. The highest BCUT2D eigenvalue weighted by molar-refractivity contribution is 7.14. The molecule has 1 rings (SSSR count). The number of aromatic nitrogens is 1. The third kappa shape index (κ3) is 3.10. The molecule has 0 saturated heterocycles. The van der Waals surface area contributed by atoms with E-state index >= 15 is 0 Å². The number of hydrogen-bond acceptors (Lipinski definition) is 5. The van der Waals surface area contributed by atoms with Crippen LogP contribution in [0.15, 0.2) is 5.38 Å². The average molecular weight is 227 g/mol. The summed E-state index contributed by atoms with van der Waals surface area (Å²) in [5.41, 5.74) is 5.89. The monoisotopic (exact) mass is 227 g/mol. The van der Waals surface area contributed by atoms with Gasteiger partial charge in [0.1, 0.15) is 5.69 Å². The first kappa shape index (κ1) is 11.8. The molecule has 82 valence electrons. The van der Waals surface area contributed by atoms with Gasteiger partial charge in [-0.2, -0.15) is 0 Å². The number of Topliss-reactive ketones (excluding diaryl/α,β-unsaturated/α-hetero) is 1. The lowest BCUT2D eigenvalue weighted by molar-refractivity contribution is -0.117. The highest BCUT2D eigenvalue weighted by atomic mass is 32.1. The Morgan fingerprint density at radius 1 is 1.67 bits per heavy atom. The van der Waals surface area contributed by atoms with Gasteiger partial charge in [-0.1, -0.05) is 6.92 Å². The van der Waals surface area contributed by atoms with Crippen molar-refractivity contribution in [3.8, 4) is 0 Å². The number of carbonyl (C=O) groups is 2. The summed E-state index contributed by atoms with van der Waals surface area (Å²) in [6.07, 6.45) is 0.566. The summed E-state index contributed by atoms with van der Waals surface area (Å²) in [7, 11) is 0. The van der Waals surface area contributed by atoms with Gasteiger partial charge in [0.2, 0.25) is 5.91 Å². The molecule has 0 bridgehead atoms. The summed E-state index contributed by atoms with van der Waals surface area (Å²) in [5.74, 6) is -0.395. The van der Waals surface area contributed by atoms with E-state index < -0.39 is 6.04 Å². The molecule has 0 aliphatic heterocycles. The highest BCUT2D eigenvalue weighted by Crippen LogP contribution is 2.15. The number of carbonyl (C=O) groups excluding carboxylic acids is 2. The van der Waals surface area contributed by atoms with Crippen molar-refractivity contribution in [2.75, 3.05) is 5.32 Å². The molecule has 3 N–H and O–H groups in total. The standard InChI is InChI=1S/C9H13N3O2S/c1-3-6(10)8(14)12-9-11-7(4-15-9)5(2)13/h4,6H,3,10H2,1-2H3,(H,11,12,14)/t6-/m0/s1. The molecule has 0 radical (unpaired) electrons. The van der Waals surface area contributed by atoms with Gasteiger partial charge < -0.3 is 11.1 Å². The van der Waals surface area contributed by atoms with E-state index in [-0.39, 0.29) is 11.7 Å². The summed E-state index contributed by atoms with van der Waals surface area (Å²) in [5, 5.41) is 4.58. The molecule has 0 fully saturated rings. The van der Waals surface area contributed by atoms with Crippen molar-refractivity contribution in [1.82, 2.24) is 4.98 Å². The Kier molecular flexibility index (Phi) is 3.93. The van der Waals surface area contributed by atoms with Gasteiger partial charge in [-0.25, -0.2) is 4.98 Å². The molecule has 1 heterocycles. The van der Waals surface area contributed by atoms with Crippen LogP contribution in [0, 0.1) is 0 Å². The van der Waals surface area contributed by atoms with Crippen molar-refractivity contribution in [2.24, 2.45) is 5.73 Å². The van der Waals surface area contributed by atoms with Crippen molar-refractivity contribution in [3.05, 3.63) is 11.1 Å². The number of rotatable bonds is 4. The van der Waals surface area contributed by atoms with Gasteiger partial charge in [-0.05, 0) is 6.42 Å². The van der Waals surface area contributed by atoms with E-state index in [1.807, 2.05) is 6.92 Å². The van der Waals surface area contributed by atoms with Gasteiger partial charge in [0.05, 0.1) is 6.04 Å². The van der Waals surface area contributed by atoms with E-state index in [9.17, 15) is 9.59 Å². The molecule has 1 aromatic heterocycles. The molecule has 5 nitrogen and oxygen atoms in total. The molecular formula is C9H13N3O2S. The molecule has 0 aromatic carbocycles. The lowest BCUT2D eigenvalue weighted by atomic mass is 10.2. The Morgan fingerprint density at radius 2 is 2.33 bits per heavy atom. The molecule has 1 aromatic rings. The van der Waals surface area contributed by atoms with E-state index in [0.29, 0.717) is 17.2 Å². The van der Waals surface area contributed by atoms with Crippen LogP contribution >= 0.6 is 11.3 Å². The van der Waals surface area contributed by atoms with E-state index in [2.05, 4.69) is 10.3 Å². The summed E-state index contributed by atoms with van der Waals surface area (Å²) in [6, 6.07) is -0.533. The molecule has 6 heteroatoms. The van der Waals surface area contributed by atoms with Crippen LogP contribution in [0.1, 0.15) is 30.8 Å². The fraction of sp³-hybridized carbons (Fsp3) is 0.444. The molecule has 1 amide bonds. The van der Waals surface area contributed by atoms with Gasteiger partial charge in [0, 0.05) is 12.3 Å². The Bertz CT molecular complexity index is 375. The third-order valence-electron chi connectivity index (χ3n) is 1.87. The van der Waals surface area contributed by atoms with Crippen molar-refractivity contribution >= 4 is 28.2 Å². The average Bonchev–Trinajstić information content (AvgIpc) is 2.65. The van der Waals surface area contributed by atoms with Crippen LogP contribution in [0.5, 0.6) is 0 Å². The zero-order valence-electron chi connectivity index (χ0n) is 8.61. The molecular weight excluding hydrogens is 214 g/mol. The fourth-order valence-corrected chi connectivity index (χ4v) is 1.63. The smallest absolute Gasteiger partial charge is 0.243 e. The van der Waals surface area contributed by atoms with Crippen LogP contribution in [0.4, 0.5) is 5.13 Å². The summed E-state index contributed by atoms with van der Waals surface area (Å²) < 4.78 is 0. The number of hydrogen-bond donors (Lipinski definition) is 2. The Labute approximate surface area is 91.7 Å². The first-order valence-electron chi connectivity index (χ1n) is 4.57. The lowest BCUT2D eigenvalue weighted by Crippen LogP contribution is -2.34. The second kappa shape index (κ2) is 4.99. The lowest BCUT2D eigenvalue weighted by Gasteiger charge is -2.06. The predicted octanol–water partition coefficient (Wildman–Crippen LogP) is 1.02. The highest BCUT2D eigenvalue weighted by Gasteiger charge is 2.13. The normalized spacial score (nSPS) is 12.2. The quantitative estimate of drug-likeness (QED) is 0.752. The van der Waals surface area contributed by atoms with Gasteiger partial charge in [0.25, 0.3) is 0 Å². The first-order chi connectivity index (χ1) is 7.04. The van der Waals surface area contributed by atoms with E-state index in [1.165, 1.54) is 18.3 Å². The largest absolute Gasteiger partial charge is 0.320 e. The Morgan fingerprint density at radius 3 is 2.80 bits per heavy atom. The fourth-order valence-electron chi connectivity index (χ4n) is 0.876. The number of anilines is 1. The van der Waals surface area contributed by atoms with Crippen LogP contribution < -0.4 is 11.1 Å². The minimum atomic E-state index is -0.533. The van der Waals surface area contributed by atoms with Gasteiger partial charge >= 0.3 is 0 Å². The third-order valence-corrected chi connectivity index (χ3v) is 2.63. The van der Waals surface area contributed by atoms with E-state index in [1.54, 1.807) is 5.38 Å². The molecule has 0 aliphatic carbocycles. The zero-order chi connectivity index (χ0) is 11.4. The van der Waals surface area contributed by atoms with Crippen LogP contribution in [0.3, 0.4) is 0 Å². The van der Waals surface area contributed by atoms with Crippen LogP contribution in [-0.4, -0.2) is 22.7 Å². The maximum atomic E-state index is 11.4. The van der Waals surface area contributed by atoms with E-state index in [4.69, 9.17) is 5.73 Å². The van der Waals surface area contributed by atoms with E-state index in [0.717, 1.165) is 0 Å². The SMILES string of the molecule is CC[C@H](N)C(=O)Nc1nc(C(C)=O)cs1. The Balaban J connectivity index is 2.65. The minimum Gasteiger partial charge on any atom is -0.320 e. The molecule has 0 aliphatic rings. The molecule has 0 saturated carbocycles. The maximum absolute atomic E-state index is 11.4. The number of amides is 1. The summed E-state index contributed by atoms with van der Waals surface area (Å²) >= 11 is 1.21.